The van der Waals surface area contributed by atoms with Crippen LogP contribution in [0.25, 0.3) is 0 Å². The van der Waals surface area contributed by atoms with Gasteiger partial charge in [0.15, 0.2) is 0 Å². The fourth-order valence-corrected chi connectivity index (χ4v) is 3.16. The Balaban J connectivity index is 1.35. The van der Waals surface area contributed by atoms with Crippen molar-refractivity contribution in [3.63, 3.8) is 0 Å². The molecule has 20 heavy (non-hydrogen) atoms. The van der Waals surface area contributed by atoms with Gasteiger partial charge < -0.3 is 10.6 Å². The molecule has 0 radical (unpaired) electrons. The second kappa shape index (κ2) is 6.35. The number of aromatic nitrogens is 3. The lowest BCUT2D eigenvalue weighted by Crippen LogP contribution is -2.40. The standard InChI is InChI=1S/C14H23N5O/c20-14(18-11-3-1-2-4-11)7-8-15-12-5-6-13-16-10-17-19(13)9-12/h10-12,15H,1-9H2,(H,18,20). The normalized spacial score (nSPS) is 22.7. The smallest absolute Gasteiger partial charge is 0.221 e. The molecule has 1 aliphatic carbocycles. The maximum Gasteiger partial charge on any atom is 0.221 e. The van der Waals surface area contributed by atoms with Gasteiger partial charge in [0.05, 0.1) is 6.54 Å². The molecule has 2 aliphatic rings. The van der Waals surface area contributed by atoms with Gasteiger partial charge in [-0.15, -0.1) is 0 Å². The van der Waals surface area contributed by atoms with Crippen molar-refractivity contribution in [3.8, 4) is 0 Å². The Bertz CT molecular complexity index is 452. The lowest BCUT2D eigenvalue weighted by molar-refractivity contribution is -0.121. The van der Waals surface area contributed by atoms with Gasteiger partial charge in [0, 0.05) is 31.5 Å². The van der Waals surface area contributed by atoms with E-state index in [0.717, 1.165) is 44.6 Å². The predicted octanol–water partition coefficient (Wildman–Crippen LogP) is 0.631. The monoisotopic (exact) mass is 277 g/mol. The topological polar surface area (TPSA) is 71.8 Å². The molecule has 110 valence electrons. The third-order valence-electron chi connectivity index (χ3n) is 4.31. The summed E-state index contributed by atoms with van der Waals surface area (Å²) >= 11 is 0. The highest BCUT2D eigenvalue weighted by atomic mass is 16.1. The average molecular weight is 277 g/mol. The molecule has 0 spiro atoms. The molecule has 1 aromatic heterocycles. The van der Waals surface area contributed by atoms with Crippen molar-refractivity contribution < 1.29 is 4.79 Å². The van der Waals surface area contributed by atoms with Crippen LogP contribution in [0.5, 0.6) is 0 Å². The molecule has 1 fully saturated rings. The van der Waals surface area contributed by atoms with Crippen molar-refractivity contribution in [2.75, 3.05) is 6.54 Å². The van der Waals surface area contributed by atoms with Crippen LogP contribution in [0.3, 0.4) is 0 Å². The molecular weight excluding hydrogens is 254 g/mol. The number of carbonyl (C=O) groups is 1. The molecule has 2 heterocycles. The van der Waals surface area contributed by atoms with Crippen LogP contribution in [-0.4, -0.2) is 39.3 Å². The lowest BCUT2D eigenvalue weighted by Gasteiger charge is -2.23. The van der Waals surface area contributed by atoms with E-state index in [9.17, 15) is 4.79 Å². The number of fused-ring (bicyclic) bond motifs is 1. The minimum absolute atomic E-state index is 0.182. The maximum absolute atomic E-state index is 11.8. The molecule has 3 rings (SSSR count). The first-order valence-corrected chi connectivity index (χ1v) is 7.70. The highest BCUT2D eigenvalue weighted by Crippen LogP contribution is 2.17. The summed E-state index contributed by atoms with van der Waals surface area (Å²) in [7, 11) is 0. The second-order valence-corrected chi connectivity index (χ2v) is 5.85. The third kappa shape index (κ3) is 3.36. The predicted molar refractivity (Wildman–Crippen MR) is 75.1 cm³/mol. The minimum atomic E-state index is 0.182. The van der Waals surface area contributed by atoms with E-state index in [2.05, 4.69) is 20.7 Å². The van der Waals surface area contributed by atoms with E-state index in [1.165, 1.54) is 12.8 Å². The largest absolute Gasteiger partial charge is 0.353 e. The first kappa shape index (κ1) is 13.5. The zero-order chi connectivity index (χ0) is 13.8. The van der Waals surface area contributed by atoms with Crippen molar-refractivity contribution in [1.29, 1.82) is 0 Å². The number of hydrogen-bond donors (Lipinski definition) is 2. The Hall–Kier alpha value is -1.43. The molecule has 2 N–H and O–H groups in total. The summed E-state index contributed by atoms with van der Waals surface area (Å²) in [4.78, 5) is 16.0. The average Bonchev–Trinajstić information content (AvgIpc) is 3.09. The quantitative estimate of drug-likeness (QED) is 0.828. The van der Waals surface area contributed by atoms with Crippen LogP contribution in [0.2, 0.25) is 0 Å². The second-order valence-electron chi connectivity index (χ2n) is 5.85. The van der Waals surface area contributed by atoms with Gasteiger partial charge in [0.2, 0.25) is 5.91 Å². The number of nitrogens with one attached hydrogen (secondary N) is 2. The van der Waals surface area contributed by atoms with E-state index >= 15 is 0 Å². The Kier molecular flexibility index (Phi) is 4.30. The van der Waals surface area contributed by atoms with Gasteiger partial charge in [-0.2, -0.15) is 5.10 Å². The highest BCUT2D eigenvalue weighted by molar-refractivity contribution is 5.76. The van der Waals surface area contributed by atoms with Gasteiger partial charge >= 0.3 is 0 Å². The molecule has 6 heteroatoms. The van der Waals surface area contributed by atoms with Crippen LogP contribution < -0.4 is 10.6 Å². The summed E-state index contributed by atoms with van der Waals surface area (Å²) in [6.45, 7) is 1.60. The SMILES string of the molecule is O=C(CCNC1CCc2ncnn2C1)NC1CCCC1. The number of aryl methyl sites for hydroxylation is 1. The van der Waals surface area contributed by atoms with E-state index in [-0.39, 0.29) is 5.91 Å². The van der Waals surface area contributed by atoms with Gasteiger partial charge in [-0.05, 0) is 19.3 Å². The summed E-state index contributed by atoms with van der Waals surface area (Å²) in [6, 6.07) is 0.832. The van der Waals surface area contributed by atoms with Crippen molar-refractivity contribution in [2.24, 2.45) is 0 Å². The molecule has 1 atom stereocenters. The van der Waals surface area contributed by atoms with E-state index in [1.807, 2.05) is 4.68 Å². The van der Waals surface area contributed by atoms with Gasteiger partial charge in [0.25, 0.3) is 0 Å². The summed E-state index contributed by atoms with van der Waals surface area (Å²) in [5.41, 5.74) is 0. The molecular formula is C14H23N5O. The first-order valence-electron chi connectivity index (χ1n) is 7.70. The molecule has 1 amide bonds. The first-order chi connectivity index (χ1) is 9.81. The van der Waals surface area contributed by atoms with Gasteiger partial charge in [-0.1, -0.05) is 12.8 Å². The molecule has 1 aromatic rings. The summed E-state index contributed by atoms with van der Waals surface area (Å²) in [6.07, 6.45) is 9.03. The molecule has 1 aliphatic heterocycles. The highest BCUT2D eigenvalue weighted by Gasteiger charge is 2.20. The van der Waals surface area contributed by atoms with E-state index in [0.29, 0.717) is 18.5 Å². The van der Waals surface area contributed by atoms with Gasteiger partial charge in [-0.25, -0.2) is 9.67 Å². The van der Waals surface area contributed by atoms with Crippen LogP contribution >= 0.6 is 0 Å². The van der Waals surface area contributed by atoms with Crippen molar-refractivity contribution >= 4 is 5.91 Å². The molecule has 1 unspecified atom stereocenters. The Morgan fingerprint density at radius 2 is 2.15 bits per heavy atom. The number of nitrogens with zero attached hydrogens (tertiary/aromatic N) is 3. The fourth-order valence-electron chi connectivity index (χ4n) is 3.16. The Labute approximate surface area is 119 Å². The van der Waals surface area contributed by atoms with Gasteiger partial charge in [-0.3, -0.25) is 4.79 Å². The van der Waals surface area contributed by atoms with E-state index in [4.69, 9.17) is 0 Å². The number of hydrogen-bond acceptors (Lipinski definition) is 4. The van der Waals surface area contributed by atoms with Crippen LogP contribution in [0.4, 0.5) is 0 Å². The molecule has 6 nitrogen and oxygen atoms in total. The number of rotatable bonds is 5. The van der Waals surface area contributed by atoms with Crippen LogP contribution in [0.1, 0.15) is 44.3 Å². The zero-order valence-corrected chi connectivity index (χ0v) is 11.8. The molecule has 0 aromatic carbocycles. The van der Waals surface area contributed by atoms with Crippen LogP contribution in [0, 0.1) is 0 Å². The van der Waals surface area contributed by atoms with Crippen LogP contribution in [0.15, 0.2) is 6.33 Å². The summed E-state index contributed by atoms with van der Waals surface area (Å²) < 4.78 is 1.96. The van der Waals surface area contributed by atoms with Gasteiger partial charge in [0.1, 0.15) is 12.2 Å². The van der Waals surface area contributed by atoms with E-state index < -0.39 is 0 Å². The zero-order valence-electron chi connectivity index (χ0n) is 11.8. The molecule has 0 saturated heterocycles. The summed E-state index contributed by atoms with van der Waals surface area (Å²) in [5.74, 6) is 1.25. The molecule has 0 bridgehead atoms. The van der Waals surface area contributed by atoms with Crippen molar-refractivity contribution in [3.05, 3.63) is 12.2 Å². The maximum atomic E-state index is 11.8. The summed E-state index contributed by atoms with van der Waals surface area (Å²) in [5, 5.41) is 10.8. The van der Waals surface area contributed by atoms with Crippen LogP contribution in [-0.2, 0) is 17.8 Å². The lowest BCUT2D eigenvalue weighted by atomic mass is 10.1. The minimum Gasteiger partial charge on any atom is -0.353 e. The fraction of sp³-hybridized carbons (Fsp3) is 0.786. The Morgan fingerprint density at radius 3 is 3.00 bits per heavy atom. The van der Waals surface area contributed by atoms with Crippen molar-refractivity contribution in [1.82, 2.24) is 25.4 Å². The number of carbonyl (C=O) groups excluding carboxylic acids is 1. The van der Waals surface area contributed by atoms with E-state index in [1.54, 1.807) is 6.33 Å². The molecule has 1 saturated carbocycles. The Morgan fingerprint density at radius 1 is 1.30 bits per heavy atom. The number of amides is 1. The third-order valence-corrected chi connectivity index (χ3v) is 4.31. The van der Waals surface area contributed by atoms with Crippen molar-refractivity contribution in [2.45, 2.75) is 63.6 Å².